The summed E-state index contributed by atoms with van der Waals surface area (Å²) in [6.45, 7) is 3.70. The van der Waals surface area contributed by atoms with Crippen LogP contribution in [0.3, 0.4) is 0 Å². The Kier molecular flexibility index (Phi) is 3.60. The lowest BCUT2D eigenvalue weighted by atomic mass is 10.1. The molecule has 3 rings (SSSR count). The molecule has 23 heavy (non-hydrogen) atoms. The van der Waals surface area contributed by atoms with Crippen LogP contribution in [-0.4, -0.2) is 19.4 Å². The van der Waals surface area contributed by atoms with Gasteiger partial charge in [-0.1, -0.05) is 17.7 Å². The van der Waals surface area contributed by atoms with E-state index < -0.39 is 14.9 Å². The zero-order chi connectivity index (χ0) is 16.8. The number of anilines is 1. The molecule has 1 heterocycles. The lowest BCUT2D eigenvalue weighted by molar-refractivity contribution is -0.384. The Morgan fingerprint density at radius 2 is 1.83 bits per heavy atom. The fourth-order valence-corrected chi connectivity index (χ4v) is 4.59. The van der Waals surface area contributed by atoms with Crippen molar-refractivity contribution in [1.29, 1.82) is 0 Å². The van der Waals surface area contributed by atoms with Gasteiger partial charge in [0.15, 0.2) is 0 Å². The molecule has 0 bridgehead atoms. The van der Waals surface area contributed by atoms with E-state index in [1.165, 1.54) is 22.5 Å². The number of fused-ring (bicyclic) bond motifs is 1. The summed E-state index contributed by atoms with van der Waals surface area (Å²) in [7, 11) is -3.69. The van der Waals surface area contributed by atoms with Crippen molar-refractivity contribution in [2.24, 2.45) is 0 Å². The standard InChI is InChI=1S/C16H16N2O4S/c1-11-3-6-15(7-4-11)23(21,22)17-12(2)9-13-10-14(18(19)20)5-8-16(13)17/h3-8,10,12H,9H2,1-2H3. The van der Waals surface area contributed by atoms with E-state index in [2.05, 4.69) is 0 Å². The van der Waals surface area contributed by atoms with Crippen molar-refractivity contribution in [2.45, 2.75) is 31.2 Å². The number of sulfonamides is 1. The van der Waals surface area contributed by atoms with Gasteiger partial charge in [-0.2, -0.15) is 0 Å². The van der Waals surface area contributed by atoms with Crippen LogP contribution in [0.5, 0.6) is 0 Å². The van der Waals surface area contributed by atoms with E-state index in [-0.39, 0.29) is 16.6 Å². The molecule has 0 N–H and O–H groups in total. The Morgan fingerprint density at radius 3 is 2.43 bits per heavy atom. The Hall–Kier alpha value is -2.41. The maximum absolute atomic E-state index is 12.9. The molecule has 120 valence electrons. The fraction of sp³-hybridized carbons (Fsp3) is 0.250. The number of benzene rings is 2. The van der Waals surface area contributed by atoms with Gasteiger partial charge in [0, 0.05) is 18.2 Å². The largest absolute Gasteiger partial charge is 0.269 e. The first-order valence-corrected chi connectivity index (χ1v) is 8.63. The second-order valence-electron chi connectivity index (χ2n) is 5.74. The van der Waals surface area contributed by atoms with Crippen molar-refractivity contribution in [3.05, 3.63) is 63.7 Å². The van der Waals surface area contributed by atoms with Crippen molar-refractivity contribution in [2.75, 3.05) is 4.31 Å². The Labute approximate surface area is 134 Å². The third-order valence-electron chi connectivity index (χ3n) is 4.00. The molecule has 7 heteroatoms. The normalized spacial score (nSPS) is 17.1. The van der Waals surface area contributed by atoms with Crippen LogP contribution in [0.1, 0.15) is 18.1 Å². The van der Waals surface area contributed by atoms with Crippen molar-refractivity contribution < 1.29 is 13.3 Å². The highest BCUT2D eigenvalue weighted by Gasteiger charge is 2.36. The van der Waals surface area contributed by atoms with E-state index in [0.717, 1.165) is 5.56 Å². The molecule has 1 atom stereocenters. The number of hydrogen-bond donors (Lipinski definition) is 0. The summed E-state index contributed by atoms with van der Waals surface area (Å²) in [5.74, 6) is 0. The van der Waals surface area contributed by atoms with Gasteiger partial charge in [-0.15, -0.1) is 0 Å². The van der Waals surface area contributed by atoms with Gasteiger partial charge in [-0.25, -0.2) is 8.42 Å². The van der Waals surface area contributed by atoms with E-state index in [0.29, 0.717) is 17.7 Å². The highest BCUT2D eigenvalue weighted by molar-refractivity contribution is 7.92. The van der Waals surface area contributed by atoms with Crippen molar-refractivity contribution in [3.8, 4) is 0 Å². The van der Waals surface area contributed by atoms with Crippen molar-refractivity contribution in [1.82, 2.24) is 0 Å². The van der Waals surface area contributed by atoms with Crippen molar-refractivity contribution >= 4 is 21.4 Å². The first-order chi connectivity index (χ1) is 10.8. The summed E-state index contributed by atoms with van der Waals surface area (Å²) in [4.78, 5) is 10.6. The highest BCUT2D eigenvalue weighted by atomic mass is 32.2. The van der Waals surface area contributed by atoms with E-state index in [1.54, 1.807) is 31.2 Å². The van der Waals surface area contributed by atoms with E-state index in [9.17, 15) is 18.5 Å². The minimum Gasteiger partial charge on any atom is -0.263 e. The molecule has 0 fully saturated rings. The molecule has 1 aliphatic heterocycles. The van der Waals surface area contributed by atoms with Crippen LogP contribution in [0.2, 0.25) is 0 Å². The minimum absolute atomic E-state index is 0.0227. The molecule has 0 saturated carbocycles. The third-order valence-corrected chi connectivity index (χ3v) is 5.95. The predicted molar refractivity (Wildman–Crippen MR) is 87.1 cm³/mol. The molecule has 1 aliphatic rings. The number of nitro benzene ring substituents is 1. The van der Waals surface area contributed by atoms with E-state index in [4.69, 9.17) is 0 Å². The Bertz CT molecular complexity index is 875. The van der Waals surface area contributed by atoms with Gasteiger partial charge in [0.2, 0.25) is 0 Å². The summed E-state index contributed by atoms with van der Waals surface area (Å²) < 4.78 is 27.2. The number of nitrogens with zero attached hydrogens (tertiary/aromatic N) is 2. The summed E-state index contributed by atoms with van der Waals surface area (Å²) in [6.07, 6.45) is 0.460. The molecule has 0 radical (unpaired) electrons. The average molecular weight is 332 g/mol. The second kappa shape index (κ2) is 5.34. The topological polar surface area (TPSA) is 80.5 Å². The summed E-state index contributed by atoms with van der Waals surface area (Å²) in [5.41, 5.74) is 2.16. The third kappa shape index (κ3) is 2.57. The molecule has 0 aliphatic carbocycles. The molecule has 0 saturated heterocycles. The maximum atomic E-state index is 12.9. The van der Waals surface area contributed by atoms with Gasteiger partial charge in [-0.3, -0.25) is 14.4 Å². The molecule has 0 aromatic heterocycles. The quantitative estimate of drug-likeness (QED) is 0.639. The van der Waals surface area contributed by atoms with Gasteiger partial charge in [-0.05, 0) is 44.0 Å². The number of rotatable bonds is 3. The molecule has 2 aromatic rings. The lowest BCUT2D eigenvalue weighted by Gasteiger charge is -2.24. The molecular formula is C16H16N2O4S. The minimum atomic E-state index is -3.69. The SMILES string of the molecule is Cc1ccc(S(=O)(=O)N2c3ccc([N+](=O)[O-])cc3CC2C)cc1. The van der Waals surface area contributed by atoms with Crippen LogP contribution in [-0.2, 0) is 16.4 Å². The smallest absolute Gasteiger partial charge is 0.263 e. The van der Waals surface area contributed by atoms with Crippen molar-refractivity contribution in [3.63, 3.8) is 0 Å². The van der Waals surface area contributed by atoms with Gasteiger partial charge in [0.05, 0.1) is 15.5 Å². The summed E-state index contributed by atoms with van der Waals surface area (Å²) in [5, 5.41) is 10.9. The molecule has 6 nitrogen and oxygen atoms in total. The number of nitro groups is 1. The van der Waals surface area contributed by atoms with E-state index in [1.807, 2.05) is 6.92 Å². The Balaban J connectivity index is 2.08. The summed E-state index contributed by atoms with van der Waals surface area (Å²) in [6, 6.07) is 10.7. The molecule has 0 amide bonds. The number of aryl methyl sites for hydroxylation is 1. The first-order valence-electron chi connectivity index (χ1n) is 7.19. The second-order valence-corrected chi connectivity index (χ2v) is 7.55. The number of hydrogen-bond acceptors (Lipinski definition) is 4. The van der Waals surface area contributed by atoms with Crippen LogP contribution in [0.15, 0.2) is 47.4 Å². The Morgan fingerprint density at radius 1 is 1.17 bits per heavy atom. The van der Waals surface area contributed by atoms with Crippen LogP contribution < -0.4 is 4.31 Å². The highest BCUT2D eigenvalue weighted by Crippen LogP contribution is 2.38. The average Bonchev–Trinajstić information content (AvgIpc) is 2.83. The van der Waals surface area contributed by atoms with Crippen LogP contribution in [0.4, 0.5) is 11.4 Å². The van der Waals surface area contributed by atoms with Crippen LogP contribution in [0, 0.1) is 17.0 Å². The maximum Gasteiger partial charge on any atom is 0.269 e. The molecule has 2 aromatic carbocycles. The lowest BCUT2D eigenvalue weighted by Crippen LogP contribution is -2.35. The zero-order valence-corrected chi connectivity index (χ0v) is 13.6. The van der Waals surface area contributed by atoms with E-state index >= 15 is 0 Å². The molecule has 0 spiro atoms. The zero-order valence-electron chi connectivity index (χ0n) is 12.8. The van der Waals surface area contributed by atoms with Gasteiger partial charge >= 0.3 is 0 Å². The van der Waals surface area contributed by atoms with Gasteiger partial charge < -0.3 is 0 Å². The fourth-order valence-electron chi connectivity index (χ4n) is 2.89. The van der Waals surface area contributed by atoms with Crippen LogP contribution >= 0.6 is 0 Å². The predicted octanol–water partition coefficient (Wildman–Crippen LogP) is 3.04. The number of non-ortho nitro benzene ring substituents is 1. The summed E-state index contributed by atoms with van der Waals surface area (Å²) >= 11 is 0. The first kappa shape index (κ1) is 15.5. The van der Waals surface area contributed by atoms with Gasteiger partial charge in [0.25, 0.3) is 15.7 Å². The molecule has 1 unspecified atom stereocenters. The molecular weight excluding hydrogens is 316 g/mol. The monoisotopic (exact) mass is 332 g/mol. The van der Waals surface area contributed by atoms with Gasteiger partial charge in [0.1, 0.15) is 0 Å². The van der Waals surface area contributed by atoms with Crippen LogP contribution in [0.25, 0.3) is 0 Å².